The number of rotatable bonds is 7. The van der Waals surface area contributed by atoms with Crippen LogP contribution >= 0.6 is 11.3 Å². The molecule has 0 spiro atoms. The lowest BCUT2D eigenvalue weighted by molar-refractivity contribution is -0.130. The molecule has 1 unspecified atom stereocenters. The number of nitrogens with zero attached hydrogens (tertiary/aromatic N) is 1. The molecule has 2 aromatic carbocycles. The summed E-state index contributed by atoms with van der Waals surface area (Å²) < 4.78 is 5.00. The minimum Gasteiger partial charge on any atom is -0.503 e. The van der Waals surface area contributed by atoms with Crippen LogP contribution in [0.2, 0.25) is 0 Å². The Bertz CT molecular complexity index is 1170. The summed E-state index contributed by atoms with van der Waals surface area (Å²) in [6.07, 6.45) is 0. The molecule has 162 valence electrons. The first-order chi connectivity index (χ1) is 15.5. The summed E-state index contributed by atoms with van der Waals surface area (Å²) in [5, 5.41) is 12.5. The van der Waals surface area contributed by atoms with Gasteiger partial charge in [0.15, 0.2) is 5.76 Å². The SMILES string of the molecule is CCOC(=O)c1ccc(CN2C(=O)C(O)=C(C(=O)c3cccs3)C2c2ccccc2)cc1. The Balaban J connectivity index is 1.68. The van der Waals surface area contributed by atoms with E-state index in [2.05, 4.69) is 0 Å². The van der Waals surface area contributed by atoms with Crippen molar-refractivity contribution in [2.45, 2.75) is 19.5 Å². The Kier molecular flexibility index (Phi) is 6.18. The molecular weight excluding hydrogens is 426 g/mol. The normalized spacial score (nSPS) is 15.8. The number of thiophene rings is 1. The van der Waals surface area contributed by atoms with Crippen LogP contribution in [0, 0.1) is 0 Å². The molecule has 0 saturated heterocycles. The highest BCUT2D eigenvalue weighted by molar-refractivity contribution is 7.12. The van der Waals surface area contributed by atoms with Gasteiger partial charge >= 0.3 is 5.97 Å². The van der Waals surface area contributed by atoms with Gasteiger partial charge in [0.05, 0.1) is 28.7 Å². The van der Waals surface area contributed by atoms with Gasteiger partial charge in [-0.1, -0.05) is 48.5 Å². The largest absolute Gasteiger partial charge is 0.503 e. The maximum absolute atomic E-state index is 13.2. The van der Waals surface area contributed by atoms with Crippen molar-refractivity contribution in [3.05, 3.63) is 105 Å². The molecule has 32 heavy (non-hydrogen) atoms. The van der Waals surface area contributed by atoms with Crippen LogP contribution in [0.1, 0.15) is 44.1 Å². The van der Waals surface area contributed by atoms with Crippen LogP contribution in [0.3, 0.4) is 0 Å². The van der Waals surface area contributed by atoms with Crippen LogP contribution in [0.5, 0.6) is 0 Å². The molecule has 0 fully saturated rings. The van der Waals surface area contributed by atoms with E-state index in [9.17, 15) is 19.5 Å². The Morgan fingerprint density at radius 2 is 1.75 bits per heavy atom. The molecule has 1 atom stereocenters. The third-order valence-electron chi connectivity index (χ3n) is 5.23. The van der Waals surface area contributed by atoms with Gasteiger partial charge < -0.3 is 14.7 Å². The van der Waals surface area contributed by atoms with Crippen LogP contribution in [0.25, 0.3) is 0 Å². The number of benzene rings is 2. The quantitative estimate of drug-likeness (QED) is 0.419. The number of esters is 1. The minimum absolute atomic E-state index is 0.0757. The molecule has 1 amide bonds. The number of carbonyl (C=O) groups is 3. The molecule has 1 aromatic heterocycles. The molecule has 1 aliphatic heterocycles. The predicted molar refractivity (Wildman–Crippen MR) is 120 cm³/mol. The Morgan fingerprint density at radius 3 is 2.38 bits per heavy atom. The van der Waals surface area contributed by atoms with Gasteiger partial charge in [-0.15, -0.1) is 11.3 Å². The maximum atomic E-state index is 13.2. The third kappa shape index (κ3) is 4.07. The summed E-state index contributed by atoms with van der Waals surface area (Å²) in [5.74, 6) is -1.91. The van der Waals surface area contributed by atoms with Crippen LogP contribution in [0.4, 0.5) is 0 Å². The number of ketones is 1. The number of ether oxygens (including phenoxy) is 1. The molecule has 1 aliphatic rings. The maximum Gasteiger partial charge on any atom is 0.338 e. The Hall–Kier alpha value is -3.71. The van der Waals surface area contributed by atoms with Crippen molar-refractivity contribution in [3.63, 3.8) is 0 Å². The van der Waals surface area contributed by atoms with Crippen molar-refractivity contribution >= 4 is 29.0 Å². The lowest BCUT2D eigenvalue weighted by atomic mass is 9.95. The molecular formula is C25H21NO5S. The minimum atomic E-state index is -0.719. The second-order valence-corrected chi connectivity index (χ2v) is 8.18. The summed E-state index contributed by atoms with van der Waals surface area (Å²) in [4.78, 5) is 40.1. The molecule has 6 nitrogen and oxygen atoms in total. The molecule has 0 aliphatic carbocycles. The summed E-state index contributed by atoms with van der Waals surface area (Å²) in [6.45, 7) is 2.18. The number of hydrogen-bond donors (Lipinski definition) is 1. The number of Topliss-reactive ketones (excluding diaryl/α,β-unsaturated/α-hetero) is 1. The van der Waals surface area contributed by atoms with Crippen molar-refractivity contribution in [3.8, 4) is 0 Å². The lowest BCUT2D eigenvalue weighted by Crippen LogP contribution is -2.30. The van der Waals surface area contributed by atoms with Gasteiger partial charge in [-0.25, -0.2) is 4.79 Å². The molecule has 4 rings (SSSR count). The summed E-state index contributed by atoms with van der Waals surface area (Å²) in [7, 11) is 0. The fourth-order valence-corrected chi connectivity index (χ4v) is 4.41. The van der Waals surface area contributed by atoms with Crippen molar-refractivity contribution in [2.24, 2.45) is 0 Å². The van der Waals surface area contributed by atoms with Gasteiger partial charge in [-0.3, -0.25) is 9.59 Å². The average Bonchev–Trinajstić information content (AvgIpc) is 3.43. The van der Waals surface area contributed by atoms with Crippen molar-refractivity contribution < 1.29 is 24.2 Å². The highest BCUT2D eigenvalue weighted by Gasteiger charge is 2.43. The zero-order valence-corrected chi connectivity index (χ0v) is 18.2. The summed E-state index contributed by atoms with van der Waals surface area (Å²) in [6, 6.07) is 18.6. The van der Waals surface area contributed by atoms with E-state index in [1.54, 1.807) is 48.7 Å². The highest BCUT2D eigenvalue weighted by Crippen LogP contribution is 2.40. The number of carbonyl (C=O) groups excluding carboxylic acids is 3. The Morgan fingerprint density at radius 1 is 1.03 bits per heavy atom. The van der Waals surface area contributed by atoms with E-state index in [0.29, 0.717) is 10.4 Å². The predicted octanol–water partition coefficient (Wildman–Crippen LogP) is 4.70. The zero-order valence-electron chi connectivity index (χ0n) is 17.4. The van der Waals surface area contributed by atoms with Crippen LogP contribution < -0.4 is 0 Å². The first-order valence-electron chi connectivity index (χ1n) is 10.1. The molecule has 3 aromatic rings. The monoisotopic (exact) mass is 447 g/mol. The number of amides is 1. The third-order valence-corrected chi connectivity index (χ3v) is 6.10. The molecule has 1 N–H and O–H groups in total. The molecule has 0 saturated carbocycles. The second-order valence-electron chi connectivity index (χ2n) is 7.23. The molecule has 0 radical (unpaired) electrons. The van der Waals surface area contributed by atoms with E-state index >= 15 is 0 Å². The van der Waals surface area contributed by atoms with E-state index in [1.807, 2.05) is 30.3 Å². The van der Waals surface area contributed by atoms with Crippen molar-refractivity contribution in [2.75, 3.05) is 6.61 Å². The van der Waals surface area contributed by atoms with Gasteiger partial charge in [-0.05, 0) is 41.6 Å². The van der Waals surface area contributed by atoms with Gasteiger partial charge in [0.1, 0.15) is 0 Å². The number of hydrogen-bond acceptors (Lipinski definition) is 6. The van der Waals surface area contributed by atoms with E-state index in [1.165, 1.54) is 16.2 Å². The van der Waals surface area contributed by atoms with E-state index < -0.39 is 23.7 Å². The average molecular weight is 448 g/mol. The molecule has 0 bridgehead atoms. The molecule has 7 heteroatoms. The van der Waals surface area contributed by atoms with E-state index in [4.69, 9.17) is 4.74 Å². The Labute approximate surface area is 189 Å². The van der Waals surface area contributed by atoms with Gasteiger partial charge in [-0.2, -0.15) is 0 Å². The van der Waals surface area contributed by atoms with Crippen LogP contribution in [-0.2, 0) is 16.1 Å². The van der Waals surface area contributed by atoms with E-state index in [0.717, 1.165) is 11.1 Å². The zero-order chi connectivity index (χ0) is 22.7. The van der Waals surface area contributed by atoms with Crippen molar-refractivity contribution in [1.82, 2.24) is 4.90 Å². The fraction of sp³-hybridized carbons (Fsp3) is 0.160. The number of aliphatic hydroxyl groups is 1. The number of aliphatic hydroxyl groups excluding tert-OH is 1. The van der Waals surface area contributed by atoms with E-state index in [-0.39, 0.29) is 24.5 Å². The first kappa shape index (κ1) is 21.5. The van der Waals surface area contributed by atoms with Crippen LogP contribution in [0.15, 0.2) is 83.4 Å². The summed E-state index contributed by atoms with van der Waals surface area (Å²) >= 11 is 1.26. The lowest BCUT2D eigenvalue weighted by Gasteiger charge is -2.27. The smallest absolute Gasteiger partial charge is 0.338 e. The topological polar surface area (TPSA) is 83.9 Å². The summed E-state index contributed by atoms with van der Waals surface area (Å²) in [5.41, 5.74) is 1.97. The van der Waals surface area contributed by atoms with Gasteiger partial charge in [0.2, 0.25) is 5.78 Å². The van der Waals surface area contributed by atoms with Crippen LogP contribution in [-0.4, -0.2) is 34.3 Å². The fourth-order valence-electron chi connectivity index (χ4n) is 3.73. The van der Waals surface area contributed by atoms with Gasteiger partial charge in [0.25, 0.3) is 5.91 Å². The first-order valence-corrected chi connectivity index (χ1v) is 11.0. The van der Waals surface area contributed by atoms with Crippen molar-refractivity contribution in [1.29, 1.82) is 0 Å². The van der Waals surface area contributed by atoms with Gasteiger partial charge in [0, 0.05) is 6.54 Å². The standard InChI is InChI=1S/C25H21NO5S/c1-2-31-25(30)18-12-10-16(11-13-18)15-26-21(17-7-4-3-5-8-17)20(23(28)24(26)29)22(27)19-9-6-14-32-19/h3-14,21,28H,2,15H2,1H3. The second kappa shape index (κ2) is 9.20. The highest BCUT2D eigenvalue weighted by atomic mass is 32.1. The molecule has 2 heterocycles.